The average Bonchev–Trinajstić information content (AvgIpc) is 2.88. The van der Waals surface area contributed by atoms with E-state index in [4.69, 9.17) is 8.85 Å². The van der Waals surface area contributed by atoms with Crippen molar-refractivity contribution in [3.8, 4) is 0 Å². The van der Waals surface area contributed by atoms with E-state index in [0.29, 0.717) is 12.3 Å². The van der Waals surface area contributed by atoms with Crippen molar-refractivity contribution >= 4 is 16.6 Å². The van der Waals surface area contributed by atoms with E-state index >= 15 is 0 Å². The van der Waals surface area contributed by atoms with Crippen molar-refractivity contribution < 1.29 is 14.0 Å². The predicted octanol–water partition coefficient (Wildman–Crippen LogP) is 8.48. The van der Waals surface area contributed by atoms with Crippen LogP contribution in [0.4, 0.5) is 0 Å². The summed E-state index contributed by atoms with van der Waals surface area (Å²) in [5.41, 5.74) is 0.889. The van der Waals surface area contributed by atoms with Crippen LogP contribution in [0.2, 0.25) is 36.3 Å². The molecule has 1 aliphatic rings. The molecule has 194 valence electrons. The minimum atomic E-state index is -1.94. The molecule has 0 unspecified atom stereocenters. The van der Waals surface area contributed by atoms with Crippen LogP contribution in [0.25, 0.3) is 0 Å². The Morgan fingerprint density at radius 1 is 1.06 bits per heavy atom. The fourth-order valence-electron chi connectivity index (χ4n) is 3.93. The van der Waals surface area contributed by atoms with Gasteiger partial charge in [0.1, 0.15) is 0 Å². The van der Waals surface area contributed by atoms with E-state index in [9.17, 15) is 5.11 Å². The number of rotatable bonds is 11. The summed E-state index contributed by atoms with van der Waals surface area (Å²) < 4.78 is 13.7. The summed E-state index contributed by atoms with van der Waals surface area (Å²) in [4.78, 5) is 0. The molecule has 0 aromatic heterocycles. The van der Waals surface area contributed by atoms with Crippen molar-refractivity contribution in [3.63, 3.8) is 0 Å². The first-order valence-corrected chi connectivity index (χ1v) is 19.0. The van der Waals surface area contributed by atoms with Crippen LogP contribution in [0.5, 0.6) is 0 Å². The van der Waals surface area contributed by atoms with E-state index < -0.39 is 22.7 Å². The summed E-state index contributed by atoms with van der Waals surface area (Å²) >= 11 is 0. The van der Waals surface area contributed by atoms with E-state index in [2.05, 4.69) is 100 Å². The Bertz CT molecular complexity index is 655. The molecule has 5 heteroatoms. The second-order valence-corrected chi connectivity index (χ2v) is 23.1. The molecule has 0 aromatic rings. The maximum atomic E-state index is 10.6. The molecule has 0 spiro atoms. The second kappa shape index (κ2) is 11.7. The van der Waals surface area contributed by atoms with Gasteiger partial charge in [0.2, 0.25) is 0 Å². The molecule has 1 fully saturated rings. The summed E-state index contributed by atoms with van der Waals surface area (Å²) in [5.74, 6) is 0.673. The molecule has 0 heterocycles. The van der Waals surface area contributed by atoms with Crippen LogP contribution < -0.4 is 0 Å². The molecular formula is C28H56O3Si2. The normalized spacial score (nSPS) is 25.1. The van der Waals surface area contributed by atoms with Gasteiger partial charge in [-0.25, -0.2) is 0 Å². The van der Waals surface area contributed by atoms with Crippen molar-refractivity contribution in [2.45, 2.75) is 142 Å². The Kier molecular flexibility index (Phi) is 10.9. The first kappa shape index (κ1) is 30.8. The fraction of sp³-hybridized carbons (Fsp3) is 0.857. The highest BCUT2D eigenvalue weighted by Crippen LogP contribution is 2.43. The number of unbranched alkanes of at least 4 members (excludes halogenated alkanes) is 1. The Morgan fingerprint density at radius 2 is 1.61 bits per heavy atom. The van der Waals surface area contributed by atoms with E-state index in [1.54, 1.807) is 0 Å². The monoisotopic (exact) mass is 496 g/mol. The maximum absolute atomic E-state index is 10.6. The average molecular weight is 497 g/mol. The first-order chi connectivity index (χ1) is 14.8. The second-order valence-electron chi connectivity index (χ2n) is 13.6. The summed E-state index contributed by atoms with van der Waals surface area (Å²) in [7, 11) is -3.84. The first-order valence-electron chi connectivity index (χ1n) is 13.2. The van der Waals surface area contributed by atoms with Gasteiger partial charge in [0.05, 0.1) is 18.3 Å². The van der Waals surface area contributed by atoms with Gasteiger partial charge in [0.15, 0.2) is 16.6 Å². The molecule has 0 aromatic carbocycles. The fourth-order valence-corrected chi connectivity index (χ4v) is 6.57. The van der Waals surface area contributed by atoms with E-state index in [0.717, 1.165) is 12.0 Å². The van der Waals surface area contributed by atoms with Crippen molar-refractivity contribution in [1.29, 1.82) is 0 Å². The Balaban J connectivity index is 3.14. The summed E-state index contributed by atoms with van der Waals surface area (Å²) in [6.07, 6.45) is 9.56. The minimum Gasteiger partial charge on any atom is -0.413 e. The third-order valence-corrected chi connectivity index (χ3v) is 17.4. The van der Waals surface area contributed by atoms with Crippen LogP contribution in [-0.4, -0.2) is 40.1 Å². The molecule has 0 aliphatic heterocycles. The van der Waals surface area contributed by atoms with Crippen LogP contribution in [0.1, 0.15) is 87.5 Å². The molecular weight excluding hydrogens is 440 g/mol. The summed E-state index contributed by atoms with van der Waals surface area (Å²) in [6, 6.07) is 0. The molecule has 33 heavy (non-hydrogen) atoms. The number of hydrogen-bond acceptors (Lipinski definition) is 3. The Morgan fingerprint density at radius 3 is 2.09 bits per heavy atom. The third kappa shape index (κ3) is 8.75. The lowest BCUT2D eigenvalue weighted by atomic mass is 9.95. The van der Waals surface area contributed by atoms with Gasteiger partial charge in [0, 0.05) is 12.3 Å². The minimum absolute atomic E-state index is 0.00400. The smallest absolute Gasteiger partial charge is 0.192 e. The highest BCUT2D eigenvalue weighted by molar-refractivity contribution is 6.74. The zero-order valence-corrected chi connectivity index (χ0v) is 26.0. The lowest BCUT2D eigenvalue weighted by Crippen LogP contribution is -2.45. The maximum Gasteiger partial charge on any atom is 0.192 e. The highest BCUT2D eigenvalue weighted by Gasteiger charge is 2.45. The quantitative estimate of drug-likeness (QED) is 0.230. The van der Waals surface area contributed by atoms with Gasteiger partial charge in [-0.15, -0.1) is 0 Å². The molecule has 0 radical (unpaired) electrons. The molecule has 1 N–H and O–H groups in total. The molecule has 1 aliphatic carbocycles. The number of aliphatic hydroxyl groups excluding tert-OH is 1. The van der Waals surface area contributed by atoms with Gasteiger partial charge in [0.25, 0.3) is 0 Å². The zero-order valence-electron chi connectivity index (χ0n) is 24.0. The highest BCUT2D eigenvalue weighted by atomic mass is 28.4. The molecule has 5 atom stereocenters. The molecule has 1 rings (SSSR count). The van der Waals surface area contributed by atoms with Crippen molar-refractivity contribution in [1.82, 2.24) is 0 Å². The van der Waals surface area contributed by atoms with Crippen molar-refractivity contribution in [2.24, 2.45) is 11.8 Å². The standard InChI is InChI=1S/C28H56O3Si2/c1-14-15-16-21(2)19-23(30-32(10,11)27(4,5)6)17-18-24-22(3)25(29)20-26(24)31-33(12,13)28(7,8)9/h17-18,21,23-26,29H,3,14-16,19-20H2,1-2,4-13H3/b18-17+/t21-,23+,24+,25-,26+/m0/s1. The third-order valence-electron chi connectivity index (χ3n) is 8.43. The Labute approximate surface area is 208 Å². The Hall–Kier alpha value is -0.206. The SMILES string of the molecule is C=C1[C@@H](/C=C/[C@H](C[C@@H](C)CCCC)O[Si](C)(C)C(C)(C)C)[C@H](O[Si](C)(C)C(C)(C)C)C[C@@H]1O. The summed E-state index contributed by atoms with van der Waals surface area (Å²) in [6.45, 7) is 31.9. The largest absolute Gasteiger partial charge is 0.413 e. The molecule has 0 saturated heterocycles. The van der Waals surface area contributed by atoms with Gasteiger partial charge in [-0.05, 0) is 54.2 Å². The predicted molar refractivity (Wildman–Crippen MR) is 150 cm³/mol. The van der Waals surface area contributed by atoms with Crippen molar-refractivity contribution in [3.05, 3.63) is 24.3 Å². The topological polar surface area (TPSA) is 38.7 Å². The van der Waals surface area contributed by atoms with Crippen LogP contribution in [-0.2, 0) is 8.85 Å². The molecule has 3 nitrogen and oxygen atoms in total. The van der Waals surface area contributed by atoms with Crippen LogP contribution in [0, 0.1) is 11.8 Å². The van der Waals surface area contributed by atoms with E-state index in [1.807, 2.05) is 0 Å². The van der Waals surface area contributed by atoms with E-state index in [-0.39, 0.29) is 28.2 Å². The zero-order chi connectivity index (χ0) is 25.8. The van der Waals surface area contributed by atoms with Gasteiger partial charge in [-0.1, -0.05) is 93.4 Å². The van der Waals surface area contributed by atoms with Gasteiger partial charge >= 0.3 is 0 Å². The van der Waals surface area contributed by atoms with Gasteiger partial charge < -0.3 is 14.0 Å². The lowest BCUT2D eigenvalue weighted by Gasteiger charge is -2.40. The number of aliphatic hydroxyl groups is 1. The molecule has 0 amide bonds. The molecule has 1 saturated carbocycles. The molecule has 0 bridgehead atoms. The van der Waals surface area contributed by atoms with Crippen LogP contribution in [0.15, 0.2) is 24.3 Å². The van der Waals surface area contributed by atoms with Crippen LogP contribution in [0.3, 0.4) is 0 Å². The summed E-state index contributed by atoms with van der Waals surface area (Å²) in [5, 5.41) is 10.9. The van der Waals surface area contributed by atoms with Crippen LogP contribution >= 0.6 is 0 Å². The van der Waals surface area contributed by atoms with Gasteiger partial charge in [-0.3, -0.25) is 0 Å². The van der Waals surface area contributed by atoms with Crippen molar-refractivity contribution in [2.75, 3.05) is 0 Å². The lowest BCUT2D eigenvalue weighted by molar-refractivity contribution is 0.135. The van der Waals surface area contributed by atoms with Gasteiger partial charge in [-0.2, -0.15) is 0 Å². The van der Waals surface area contributed by atoms with E-state index in [1.165, 1.54) is 19.3 Å². The number of hydrogen-bond donors (Lipinski definition) is 1.